The summed E-state index contributed by atoms with van der Waals surface area (Å²) in [6, 6.07) is 0. The van der Waals surface area contributed by atoms with Gasteiger partial charge >= 0.3 is 0 Å². The number of rotatable bonds is 3. The molecule has 0 aliphatic rings. The summed E-state index contributed by atoms with van der Waals surface area (Å²) in [5.41, 5.74) is 1.18. The summed E-state index contributed by atoms with van der Waals surface area (Å²) in [4.78, 5) is 4.22. The fourth-order valence-corrected chi connectivity index (χ4v) is 1.25. The summed E-state index contributed by atoms with van der Waals surface area (Å²) < 4.78 is 2.09. The van der Waals surface area contributed by atoms with Crippen molar-refractivity contribution in [1.82, 2.24) is 9.55 Å². The first-order valence-electron chi connectivity index (χ1n) is 3.36. The van der Waals surface area contributed by atoms with Crippen molar-refractivity contribution < 1.29 is 0 Å². The second kappa shape index (κ2) is 3.66. The Kier molecular flexibility index (Phi) is 2.81. The lowest BCUT2D eigenvalue weighted by Gasteiger charge is -1.90. The highest BCUT2D eigenvalue weighted by molar-refractivity contribution is 7.97. The van der Waals surface area contributed by atoms with E-state index >= 15 is 0 Å². The smallest absolute Gasteiger partial charge is 0.0949 e. The van der Waals surface area contributed by atoms with Crippen molar-refractivity contribution in [3.63, 3.8) is 0 Å². The van der Waals surface area contributed by atoms with Gasteiger partial charge in [0, 0.05) is 18.5 Å². The molecular formula is C7H12N2S. The monoisotopic (exact) mass is 156 g/mol. The van der Waals surface area contributed by atoms with E-state index in [9.17, 15) is 0 Å². The van der Waals surface area contributed by atoms with Crippen molar-refractivity contribution in [2.45, 2.75) is 19.2 Å². The van der Waals surface area contributed by atoms with Crippen LogP contribution < -0.4 is 0 Å². The lowest BCUT2D eigenvalue weighted by atomic mass is 10.5. The topological polar surface area (TPSA) is 17.8 Å². The van der Waals surface area contributed by atoms with Crippen molar-refractivity contribution in [2.24, 2.45) is 0 Å². The summed E-state index contributed by atoms with van der Waals surface area (Å²) in [5.74, 6) is 1.02. The average Bonchev–Trinajstić information content (AvgIpc) is 2.37. The van der Waals surface area contributed by atoms with Gasteiger partial charge in [0.25, 0.3) is 0 Å². The molecule has 1 aromatic rings. The van der Waals surface area contributed by atoms with E-state index in [4.69, 9.17) is 0 Å². The van der Waals surface area contributed by atoms with Crippen LogP contribution in [0.1, 0.15) is 12.6 Å². The third kappa shape index (κ3) is 1.77. The largest absolute Gasteiger partial charge is 0.337 e. The van der Waals surface area contributed by atoms with E-state index in [1.807, 2.05) is 6.33 Å². The van der Waals surface area contributed by atoms with Gasteiger partial charge in [0.05, 0.1) is 12.0 Å². The maximum absolute atomic E-state index is 4.22. The Bertz CT molecular complexity index is 195. The van der Waals surface area contributed by atoms with Crippen LogP contribution in [0.5, 0.6) is 0 Å². The third-order valence-corrected chi connectivity index (χ3v) is 1.93. The van der Waals surface area contributed by atoms with Crippen LogP contribution in [0.4, 0.5) is 0 Å². The Labute approximate surface area is 65.7 Å². The molecule has 0 amide bonds. The van der Waals surface area contributed by atoms with Crippen LogP contribution >= 0.6 is 11.8 Å². The number of nitrogens with zero attached hydrogens (tertiary/aromatic N) is 2. The van der Waals surface area contributed by atoms with Crippen LogP contribution in [0.2, 0.25) is 0 Å². The summed E-state index contributed by atoms with van der Waals surface area (Å²) >= 11 is 1.80. The summed E-state index contributed by atoms with van der Waals surface area (Å²) in [6.45, 7) is 3.13. The lowest BCUT2D eigenvalue weighted by Crippen LogP contribution is -1.86. The van der Waals surface area contributed by atoms with Gasteiger partial charge in [0.1, 0.15) is 0 Å². The quantitative estimate of drug-likeness (QED) is 0.663. The Balaban J connectivity index is 2.59. The highest BCUT2D eigenvalue weighted by atomic mass is 32.2. The molecule has 0 unspecified atom stereocenters. The first-order chi connectivity index (χ1) is 4.86. The number of hydrogen-bond donors (Lipinski definition) is 0. The number of aryl methyl sites for hydroxylation is 1. The molecule has 3 heteroatoms. The molecule has 0 bridgehead atoms. The maximum atomic E-state index is 4.22. The summed E-state index contributed by atoms with van der Waals surface area (Å²) in [7, 11) is 0. The van der Waals surface area contributed by atoms with Gasteiger partial charge in [-0.05, 0) is 13.2 Å². The van der Waals surface area contributed by atoms with Crippen molar-refractivity contribution in [2.75, 3.05) is 6.26 Å². The summed E-state index contributed by atoms with van der Waals surface area (Å²) in [6.07, 6.45) is 6.06. The average molecular weight is 156 g/mol. The minimum Gasteiger partial charge on any atom is -0.337 e. The third-order valence-electron chi connectivity index (χ3n) is 1.34. The van der Waals surface area contributed by atoms with Crippen LogP contribution in [-0.2, 0) is 12.3 Å². The van der Waals surface area contributed by atoms with Gasteiger partial charge in [-0.15, -0.1) is 0 Å². The Morgan fingerprint density at radius 1 is 1.70 bits per heavy atom. The molecular weight excluding hydrogens is 144 g/mol. The molecule has 1 heterocycles. The Hall–Kier alpha value is -0.440. The van der Waals surface area contributed by atoms with Crippen LogP contribution in [-0.4, -0.2) is 15.8 Å². The second-order valence-electron chi connectivity index (χ2n) is 2.13. The van der Waals surface area contributed by atoms with Crippen LogP contribution in [0.3, 0.4) is 0 Å². The van der Waals surface area contributed by atoms with Crippen LogP contribution in [0, 0.1) is 0 Å². The van der Waals surface area contributed by atoms with Gasteiger partial charge < -0.3 is 4.57 Å². The fraction of sp³-hybridized carbons (Fsp3) is 0.571. The minimum atomic E-state index is 1.02. The van der Waals surface area contributed by atoms with Crippen molar-refractivity contribution in [3.8, 4) is 0 Å². The highest BCUT2D eigenvalue weighted by Gasteiger charge is 1.93. The maximum Gasteiger partial charge on any atom is 0.0949 e. The fourth-order valence-electron chi connectivity index (χ4n) is 0.802. The molecule has 1 rings (SSSR count). The molecule has 0 N–H and O–H groups in total. The van der Waals surface area contributed by atoms with Crippen molar-refractivity contribution in [3.05, 3.63) is 18.2 Å². The van der Waals surface area contributed by atoms with Gasteiger partial charge in [0.2, 0.25) is 0 Å². The van der Waals surface area contributed by atoms with Gasteiger partial charge in [-0.1, -0.05) is 0 Å². The van der Waals surface area contributed by atoms with E-state index < -0.39 is 0 Å². The Morgan fingerprint density at radius 3 is 3.00 bits per heavy atom. The van der Waals surface area contributed by atoms with Crippen molar-refractivity contribution >= 4 is 11.8 Å². The molecule has 56 valence electrons. The van der Waals surface area contributed by atoms with E-state index in [0.29, 0.717) is 0 Å². The van der Waals surface area contributed by atoms with Gasteiger partial charge in [-0.3, -0.25) is 0 Å². The van der Waals surface area contributed by atoms with E-state index in [1.165, 1.54) is 5.69 Å². The first-order valence-corrected chi connectivity index (χ1v) is 4.75. The van der Waals surface area contributed by atoms with Crippen molar-refractivity contribution in [1.29, 1.82) is 0 Å². The van der Waals surface area contributed by atoms with E-state index in [2.05, 4.69) is 28.9 Å². The normalized spacial score (nSPS) is 10.2. The highest BCUT2D eigenvalue weighted by Crippen LogP contribution is 2.05. The first kappa shape index (κ1) is 7.66. The molecule has 0 radical (unpaired) electrons. The molecule has 10 heavy (non-hydrogen) atoms. The molecule has 0 saturated carbocycles. The van der Waals surface area contributed by atoms with Crippen LogP contribution in [0.25, 0.3) is 0 Å². The molecule has 0 fully saturated rings. The van der Waals surface area contributed by atoms with E-state index in [1.54, 1.807) is 11.8 Å². The summed E-state index contributed by atoms with van der Waals surface area (Å²) in [5, 5.41) is 0. The predicted molar refractivity (Wildman–Crippen MR) is 45.1 cm³/mol. The molecule has 0 spiro atoms. The molecule has 0 aromatic carbocycles. The molecule has 2 nitrogen and oxygen atoms in total. The number of hydrogen-bond acceptors (Lipinski definition) is 2. The second-order valence-corrected chi connectivity index (χ2v) is 2.99. The minimum absolute atomic E-state index is 1.02. The number of aromatic nitrogens is 2. The molecule has 1 aromatic heterocycles. The van der Waals surface area contributed by atoms with Gasteiger partial charge in [-0.2, -0.15) is 11.8 Å². The van der Waals surface area contributed by atoms with Crippen LogP contribution in [0.15, 0.2) is 12.5 Å². The lowest BCUT2D eigenvalue weighted by molar-refractivity contribution is 0.761. The molecule has 0 atom stereocenters. The standard InChI is InChI=1S/C7H12N2S/c1-3-9-4-7(5-10-2)8-6-9/h4,6H,3,5H2,1-2H3. The van der Waals surface area contributed by atoms with E-state index in [-0.39, 0.29) is 0 Å². The Morgan fingerprint density at radius 2 is 2.50 bits per heavy atom. The molecule has 0 saturated heterocycles. The zero-order valence-corrected chi connectivity index (χ0v) is 7.19. The van der Waals surface area contributed by atoms with Gasteiger partial charge in [-0.25, -0.2) is 4.98 Å². The molecule has 0 aliphatic heterocycles. The molecule has 0 aliphatic carbocycles. The number of imidazole rings is 1. The zero-order chi connectivity index (χ0) is 7.40. The van der Waals surface area contributed by atoms with Gasteiger partial charge in [0.15, 0.2) is 0 Å². The zero-order valence-electron chi connectivity index (χ0n) is 6.37. The number of thioether (sulfide) groups is 1. The SMILES string of the molecule is CCn1cnc(CSC)c1. The predicted octanol–water partition coefficient (Wildman–Crippen LogP) is 1.77. The van der Waals surface area contributed by atoms with E-state index in [0.717, 1.165) is 12.3 Å².